The Bertz CT molecular complexity index is 1330. The van der Waals surface area contributed by atoms with Gasteiger partial charge >= 0.3 is 0 Å². The van der Waals surface area contributed by atoms with Crippen LogP contribution in [0, 0.1) is 0 Å². The highest BCUT2D eigenvalue weighted by molar-refractivity contribution is 6.32. The quantitative estimate of drug-likeness (QED) is 0.260. The van der Waals surface area contributed by atoms with Crippen LogP contribution in [0.4, 0.5) is 0 Å². The van der Waals surface area contributed by atoms with E-state index in [1.165, 1.54) is 0 Å². The average Bonchev–Trinajstić information content (AvgIpc) is 3.17. The number of likely N-dealkylation sites (N-methyl/N-ethyl adjacent to an activating group) is 2. The fraction of sp³-hybridized carbons (Fsp3) is 0.444. The van der Waals surface area contributed by atoms with Crippen LogP contribution < -0.4 is 5.56 Å². The predicted molar refractivity (Wildman–Crippen MR) is 160 cm³/mol. The normalized spacial score (nSPS) is 11.2. The summed E-state index contributed by atoms with van der Waals surface area (Å²) in [5, 5.41) is 3.88. The van der Waals surface area contributed by atoms with Crippen molar-refractivity contribution in [2.24, 2.45) is 0 Å². The standard InChI is InChI=1S/C27H35ClN4O.2ClH.H2O/c1-5-29(6-2)15-17-31-23-12-10-9-11-21(23)25-22-19-20(28)13-14-24(22)32(27(33)26(25)31)18-16-30(7-3)8-4;;;/h9-14,19H,5-8,15-18H2,1-4H3;2*1H;1H2. The third kappa shape index (κ3) is 6.01. The Hall–Kier alpha value is -1.80. The minimum Gasteiger partial charge on any atom is -0.412 e. The lowest BCUT2D eigenvalue weighted by atomic mass is 10.1. The average molecular weight is 558 g/mol. The highest BCUT2D eigenvalue weighted by Gasteiger charge is 2.20. The first-order chi connectivity index (χ1) is 16.0. The van der Waals surface area contributed by atoms with E-state index in [-0.39, 0.29) is 35.8 Å². The lowest BCUT2D eigenvalue weighted by molar-refractivity contribution is 0.290. The van der Waals surface area contributed by atoms with Crippen molar-refractivity contribution in [3.63, 3.8) is 0 Å². The Morgan fingerprint density at radius 2 is 1.28 bits per heavy atom. The number of para-hydroxylation sites is 1. The van der Waals surface area contributed by atoms with Gasteiger partial charge < -0.3 is 24.4 Å². The zero-order chi connectivity index (χ0) is 23.5. The molecule has 0 aliphatic carbocycles. The molecule has 0 spiro atoms. The van der Waals surface area contributed by atoms with Crippen LogP contribution in [0.1, 0.15) is 27.7 Å². The van der Waals surface area contributed by atoms with Gasteiger partial charge in [-0.1, -0.05) is 57.5 Å². The summed E-state index contributed by atoms with van der Waals surface area (Å²) < 4.78 is 4.19. The third-order valence-electron chi connectivity index (χ3n) is 7.01. The molecule has 0 saturated carbocycles. The largest absolute Gasteiger partial charge is 0.412 e. The molecule has 200 valence electrons. The molecule has 0 bridgehead atoms. The van der Waals surface area contributed by atoms with Gasteiger partial charge in [0.1, 0.15) is 5.52 Å². The molecule has 6 nitrogen and oxygen atoms in total. The molecule has 0 amide bonds. The number of benzene rings is 2. The molecular weight excluding hydrogens is 519 g/mol. The topological polar surface area (TPSA) is 64.9 Å². The predicted octanol–water partition coefficient (Wildman–Crippen LogP) is 5.47. The molecule has 2 aromatic heterocycles. The summed E-state index contributed by atoms with van der Waals surface area (Å²) in [7, 11) is 0. The van der Waals surface area contributed by atoms with Crippen LogP contribution in [0.25, 0.3) is 32.7 Å². The van der Waals surface area contributed by atoms with E-state index in [2.05, 4.69) is 66.3 Å². The van der Waals surface area contributed by atoms with Crippen molar-refractivity contribution in [1.29, 1.82) is 0 Å². The van der Waals surface area contributed by atoms with Crippen molar-refractivity contribution < 1.29 is 5.48 Å². The van der Waals surface area contributed by atoms with Crippen molar-refractivity contribution in [1.82, 2.24) is 18.9 Å². The van der Waals surface area contributed by atoms with Crippen LogP contribution in [0.5, 0.6) is 0 Å². The molecule has 36 heavy (non-hydrogen) atoms. The Morgan fingerprint density at radius 1 is 0.750 bits per heavy atom. The monoisotopic (exact) mass is 556 g/mol. The van der Waals surface area contributed by atoms with Gasteiger partial charge in [-0.3, -0.25) is 4.79 Å². The molecule has 4 rings (SSSR count). The maximum absolute atomic E-state index is 14.1. The smallest absolute Gasteiger partial charge is 0.275 e. The maximum atomic E-state index is 14.1. The Kier molecular flexibility index (Phi) is 12.7. The van der Waals surface area contributed by atoms with E-state index in [4.69, 9.17) is 11.6 Å². The second kappa shape index (κ2) is 14.2. The van der Waals surface area contributed by atoms with Gasteiger partial charge in [-0.25, -0.2) is 0 Å². The molecule has 2 N–H and O–H groups in total. The Morgan fingerprint density at radius 3 is 1.86 bits per heavy atom. The first-order valence-corrected chi connectivity index (χ1v) is 12.6. The van der Waals surface area contributed by atoms with Gasteiger partial charge in [0.15, 0.2) is 0 Å². The summed E-state index contributed by atoms with van der Waals surface area (Å²) in [6.07, 6.45) is 0. The van der Waals surface area contributed by atoms with E-state index in [1.54, 1.807) is 0 Å². The fourth-order valence-corrected chi connectivity index (χ4v) is 5.17. The zero-order valence-electron chi connectivity index (χ0n) is 21.6. The number of fused-ring (bicyclic) bond motifs is 5. The number of hydrogen-bond acceptors (Lipinski definition) is 3. The van der Waals surface area contributed by atoms with Crippen LogP contribution in [0.2, 0.25) is 5.02 Å². The lowest BCUT2D eigenvalue weighted by Crippen LogP contribution is -2.32. The molecule has 0 aliphatic rings. The molecule has 0 saturated heterocycles. The molecule has 0 radical (unpaired) electrons. The van der Waals surface area contributed by atoms with Crippen LogP contribution in [-0.4, -0.2) is 63.7 Å². The molecule has 2 heterocycles. The molecule has 0 aliphatic heterocycles. The van der Waals surface area contributed by atoms with Gasteiger partial charge in [0, 0.05) is 52.9 Å². The van der Waals surface area contributed by atoms with E-state index < -0.39 is 0 Å². The number of aromatic nitrogens is 2. The fourth-order valence-electron chi connectivity index (χ4n) is 5.00. The van der Waals surface area contributed by atoms with Crippen molar-refractivity contribution in [2.75, 3.05) is 39.3 Å². The molecule has 4 aromatic rings. The number of halogens is 3. The number of nitrogens with zero attached hydrogens (tertiary/aromatic N) is 4. The highest BCUT2D eigenvalue weighted by Crippen LogP contribution is 2.34. The van der Waals surface area contributed by atoms with E-state index in [0.717, 1.165) is 78.5 Å². The van der Waals surface area contributed by atoms with Crippen LogP contribution in [-0.2, 0) is 13.1 Å². The van der Waals surface area contributed by atoms with Crippen molar-refractivity contribution in [3.05, 3.63) is 57.8 Å². The first-order valence-electron chi connectivity index (χ1n) is 12.2. The minimum absolute atomic E-state index is 0. The zero-order valence-corrected chi connectivity index (χ0v) is 24.0. The van der Waals surface area contributed by atoms with Crippen molar-refractivity contribution in [3.8, 4) is 0 Å². The highest BCUT2D eigenvalue weighted by atomic mass is 35.5. The molecule has 0 atom stereocenters. The number of pyridine rings is 1. The van der Waals surface area contributed by atoms with Crippen molar-refractivity contribution in [2.45, 2.75) is 40.8 Å². The lowest BCUT2D eigenvalue weighted by Gasteiger charge is -2.21. The van der Waals surface area contributed by atoms with Gasteiger partial charge in [-0.2, -0.15) is 0 Å². The van der Waals surface area contributed by atoms with Gasteiger partial charge in [-0.15, -0.1) is 24.8 Å². The summed E-state index contributed by atoms with van der Waals surface area (Å²) in [4.78, 5) is 18.8. The first kappa shape index (κ1) is 32.2. The number of rotatable bonds is 10. The molecule has 2 aromatic carbocycles. The molecule has 0 fully saturated rings. The van der Waals surface area contributed by atoms with Crippen LogP contribution >= 0.6 is 36.4 Å². The van der Waals surface area contributed by atoms with E-state index in [9.17, 15) is 4.79 Å². The summed E-state index contributed by atoms with van der Waals surface area (Å²) in [6.45, 7) is 15.8. The van der Waals surface area contributed by atoms with Gasteiger partial charge in [-0.05, 0) is 50.4 Å². The molecular formula is C27H39Cl3N4O2. The summed E-state index contributed by atoms with van der Waals surface area (Å²) in [6, 6.07) is 14.3. The number of hydrogen-bond donors (Lipinski definition) is 0. The Labute approximate surface area is 230 Å². The minimum atomic E-state index is 0. The summed E-state index contributed by atoms with van der Waals surface area (Å²) in [5.74, 6) is 0. The second-order valence-electron chi connectivity index (χ2n) is 8.56. The Balaban J connectivity index is 0.00000216. The maximum Gasteiger partial charge on any atom is 0.275 e. The summed E-state index contributed by atoms with van der Waals surface area (Å²) in [5.41, 5.74) is 2.94. The molecule has 9 heteroatoms. The third-order valence-corrected chi connectivity index (χ3v) is 7.24. The van der Waals surface area contributed by atoms with E-state index in [0.29, 0.717) is 11.6 Å². The van der Waals surface area contributed by atoms with Gasteiger partial charge in [0.25, 0.3) is 5.56 Å². The van der Waals surface area contributed by atoms with Crippen LogP contribution in [0.15, 0.2) is 47.3 Å². The van der Waals surface area contributed by atoms with Crippen molar-refractivity contribution >= 4 is 69.1 Å². The SMILES string of the molecule is CCN(CC)CCn1c(=O)c2c(c3cc(Cl)ccc31)c1ccccc1n2CCN(CC)CC.Cl.Cl.O. The van der Waals surface area contributed by atoms with E-state index in [1.807, 2.05) is 22.8 Å². The molecule has 0 unspecified atom stereocenters. The van der Waals surface area contributed by atoms with Gasteiger partial charge in [0.05, 0.1) is 5.52 Å². The van der Waals surface area contributed by atoms with E-state index >= 15 is 0 Å². The van der Waals surface area contributed by atoms with Crippen LogP contribution in [0.3, 0.4) is 0 Å². The summed E-state index contributed by atoms with van der Waals surface area (Å²) >= 11 is 6.47. The second-order valence-corrected chi connectivity index (χ2v) is 9.00. The van der Waals surface area contributed by atoms with Gasteiger partial charge in [0.2, 0.25) is 0 Å².